The Morgan fingerprint density at radius 2 is 1.66 bits per heavy atom. The second kappa shape index (κ2) is 13.0. The van der Waals surface area contributed by atoms with E-state index in [0.29, 0.717) is 0 Å². The highest BCUT2D eigenvalue weighted by Gasteiger charge is 2.40. The molecule has 0 saturated heterocycles. The Kier molecular flexibility index (Phi) is 11.1. The molecule has 0 unspecified atom stereocenters. The van der Waals surface area contributed by atoms with E-state index in [4.69, 9.17) is 32.0 Å². The highest BCUT2D eigenvalue weighted by Crippen LogP contribution is 2.24. The number of pyridine rings is 1. The standard InChI is InChI=1S/C14H18ClN3S.C6H8O7/c1-17(2)9-10-18(14-5-3-4-8-16-14)11-12-6-7-13(15)19-12;7-3(8)1-6(13,5(11)12)2-4(9)10/h3-8H,9-11H2,1-2H3;13H,1-2H2,(H,7,8)(H,9,10)(H,11,12). The summed E-state index contributed by atoms with van der Waals surface area (Å²) in [6.07, 6.45) is -0.456. The Labute approximate surface area is 194 Å². The van der Waals surface area contributed by atoms with Gasteiger partial charge in [-0.1, -0.05) is 17.7 Å². The average molecular weight is 488 g/mol. The van der Waals surface area contributed by atoms with Gasteiger partial charge in [0.25, 0.3) is 0 Å². The van der Waals surface area contributed by atoms with E-state index in [1.807, 2.05) is 30.5 Å². The molecule has 2 rings (SSSR count). The van der Waals surface area contributed by atoms with Gasteiger partial charge >= 0.3 is 17.9 Å². The van der Waals surface area contributed by atoms with Crippen LogP contribution in [0.1, 0.15) is 17.7 Å². The number of carbonyl (C=O) groups is 3. The Hall–Kier alpha value is -2.73. The lowest BCUT2D eigenvalue weighted by Crippen LogP contribution is -2.42. The Morgan fingerprint density at radius 1 is 1.03 bits per heavy atom. The maximum Gasteiger partial charge on any atom is 0.336 e. The molecular formula is C20H26ClN3O7S. The minimum absolute atomic E-state index is 0.837. The first kappa shape index (κ1) is 27.3. The molecule has 0 aliphatic heterocycles. The van der Waals surface area contributed by atoms with E-state index in [1.165, 1.54) is 4.88 Å². The van der Waals surface area contributed by atoms with Crippen LogP contribution in [0.3, 0.4) is 0 Å². The second-order valence-corrected chi connectivity index (χ2v) is 8.90. The molecule has 2 aromatic rings. The molecule has 0 amide bonds. The lowest BCUT2D eigenvalue weighted by Gasteiger charge is -2.24. The van der Waals surface area contributed by atoms with Gasteiger partial charge in [-0.2, -0.15) is 0 Å². The van der Waals surface area contributed by atoms with E-state index in [0.717, 1.165) is 29.8 Å². The van der Waals surface area contributed by atoms with Gasteiger partial charge in [0.1, 0.15) is 5.82 Å². The summed E-state index contributed by atoms with van der Waals surface area (Å²) in [5, 5.41) is 33.8. The number of aliphatic hydroxyl groups is 1. The minimum atomic E-state index is -2.74. The highest BCUT2D eigenvalue weighted by molar-refractivity contribution is 7.16. The molecule has 0 radical (unpaired) electrons. The van der Waals surface area contributed by atoms with Crippen LogP contribution in [0.2, 0.25) is 4.34 Å². The molecule has 4 N–H and O–H groups in total. The van der Waals surface area contributed by atoms with Crippen molar-refractivity contribution in [3.05, 3.63) is 45.7 Å². The normalized spacial score (nSPS) is 10.9. The lowest BCUT2D eigenvalue weighted by atomic mass is 9.96. The van der Waals surface area contributed by atoms with Crippen molar-refractivity contribution in [1.29, 1.82) is 0 Å². The third-order valence-electron chi connectivity index (χ3n) is 4.05. The summed E-state index contributed by atoms with van der Waals surface area (Å²) in [6.45, 7) is 2.79. The molecule has 0 aromatic carbocycles. The van der Waals surface area contributed by atoms with Crippen LogP contribution in [0.5, 0.6) is 0 Å². The number of likely N-dealkylation sites (N-methyl/N-ethyl adjacent to an activating group) is 1. The maximum atomic E-state index is 10.3. The predicted octanol–water partition coefficient (Wildman–Crippen LogP) is 2.12. The number of nitrogens with zero attached hydrogens (tertiary/aromatic N) is 3. The fourth-order valence-corrected chi connectivity index (χ4v) is 3.58. The number of carboxylic acid groups (broad SMARTS) is 3. The first-order valence-corrected chi connectivity index (χ1v) is 10.6. The summed E-state index contributed by atoms with van der Waals surface area (Å²) in [5.74, 6) is -4.01. The summed E-state index contributed by atoms with van der Waals surface area (Å²) in [4.78, 5) is 40.6. The fourth-order valence-electron chi connectivity index (χ4n) is 2.48. The smallest absolute Gasteiger partial charge is 0.336 e. The van der Waals surface area contributed by atoms with Crippen molar-refractivity contribution in [1.82, 2.24) is 9.88 Å². The van der Waals surface area contributed by atoms with Crippen molar-refractivity contribution in [2.45, 2.75) is 25.0 Å². The molecule has 12 heteroatoms. The molecular weight excluding hydrogens is 462 g/mol. The Bertz CT molecular complexity index is 876. The summed E-state index contributed by atoms with van der Waals surface area (Å²) >= 11 is 7.62. The molecule has 0 spiro atoms. The molecule has 10 nitrogen and oxygen atoms in total. The van der Waals surface area contributed by atoms with Gasteiger partial charge < -0.3 is 30.2 Å². The number of hydrogen-bond acceptors (Lipinski definition) is 8. The van der Waals surface area contributed by atoms with Crippen LogP contribution in [-0.4, -0.2) is 81.0 Å². The summed E-state index contributed by atoms with van der Waals surface area (Å²) in [7, 11) is 4.16. The number of aromatic nitrogens is 1. The molecule has 176 valence electrons. The monoisotopic (exact) mass is 487 g/mol. The maximum absolute atomic E-state index is 10.3. The molecule has 0 atom stereocenters. The van der Waals surface area contributed by atoms with E-state index in [2.05, 4.69) is 34.9 Å². The van der Waals surface area contributed by atoms with E-state index >= 15 is 0 Å². The summed E-state index contributed by atoms with van der Waals surface area (Å²) in [6, 6.07) is 10.0. The van der Waals surface area contributed by atoms with Crippen molar-refractivity contribution in [3.63, 3.8) is 0 Å². The second-order valence-electron chi connectivity index (χ2n) is 7.10. The van der Waals surface area contributed by atoms with Crippen LogP contribution in [0.15, 0.2) is 36.5 Å². The highest BCUT2D eigenvalue weighted by atomic mass is 35.5. The quantitative estimate of drug-likeness (QED) is 0.370. The molecule has 2 heterocycles. The first-order valence-electron chi connectivity index (χ1n) is 9.37. The van der Waals surface area contributed by atoms with Gasteiger partial charge in [0.05, 0.1) is 23.7 Å². The van der Waals surface area contributed by atoms with Crippen molar-refractivity contribution in [3.8, 4) is 0 Å². The number of thiophene rings is 1. The van der Waals surface area contributed by atoms with Crippen LogP contribution in [0, 0.1) is 0 Å². The van der Waals surface area contributed by atoms with Gasteiger partial charge in [-0.25, -0.2) is 9.78 Å². The van der Waals surface area contributed by atoms with Gasteiger partial charge in [0, 0.05) is 24.2 Å². The third kappa shape index (κ3) is 10.1. The van der Waals surface area contributed by atoms with Crippen molar-refractivity contribution < 1.29 is 34.8 Å². The zero-order valence-corrected chi connectivity index (χ0v) is 19.2. The van der Waals surface area contributed by atoms with Gasteiger partial charge in [0.15, 0.2) is 5.60 Å². The number of anilines is 1. The molecule has 2 aromatic heterocycles. The molecule has 0 saturated carbocycles. The van der Waals surface area contributed by atoms with E-state index in [9.17, 15) is 14.4 Å². The van der Waals surface area contributed by atoms with Crippen molar-refractivity contribution in [2.75, 3.05) is 32.1 Å². The molecule has 0 bridgehead atoms. The molecule has 0 aliphatic carbocycles. The van der Waals surface area contributed by atoms with Crippen LogP contribution in [-0.2, 0) is 20.9 Å². The van der Waals surface area contributed by atoms with Gasteiger partial charge in [-0.05, 0) is 38.4 Å². The topological polar surface area (TPSA) is 152 Å². The minimum Gasteiger partial charge on any atom is -0.481 e. The Morgan fingerprint density at radius 3 is 2.06 bits per heavy atom. The first-order chi connectivity index (χ1) is 14.9. The number of carboxylic acids is 3. The zero-order chi connectivity index (χ0) is 24.3. The SMILES string of the molecule is CN(C)CCN(Cc1ccc(Cl)s1)c1ccccn1.O=C(O)CC(O)(CC(=O)O)C(=O)O. The molecule has 0 aliphatic rings. The number of hydrogen-bond donors (Lipinski definition) is 4. The average Bonchev–Trinajstić information content (AvgIpc) is 3.09. The number of rotatable bonds is 11. The fraction of sp³-hybridized carbons (Fsp3) is 0.400. The predicted molar refractivity (Wildman–Crippen MR) is 120 cm³/mol. The van der Waals surface area contributed by atoms with Gasteiger partial charge in [0.2, 0.25) is 0 Å². The van der Waals surface area contributed by atoms with Gasteiger partial charge in [-0.3, -0.25) is 9.59 Å². The Balaban J connectivity index is 0.000000347. The van der Waals surface area contributed by atoms with Crippen LogP contribution in [0.4, 0.5) is 5.82 Å². The van der Waals surface area contributed by atoms with Crippen molar-refractivity contribution in [2.24, 2.45) is 0 Å². The molecule has 0 fully saturated rings. The summed E-state index contributed by atoms with van der Waals surface area (Å²) in [5.41, 5.74) is -2.74. The van der Waals surface area contributed by atoms with Gasteiger partial charge in [-0.15, -0.1) is 11.3 Å². The molecule has 32 heavy (non-hydrogen) atoms. The van der Waals surface area contributed by atoms with Crippen LogP contribution in [0.25, 0.3) is 0 Å². The van der Waals surface area contributed by atoms with E-state index in [-0.39, 0.29) is 0 Å². The number of halogens is 1. The summed E-state index contributed by atoms with van der Waals surface area (Å²) < 4.78 is 0.837. The van der Waals surface area contributed by atoms with Crippen LogP contribution < -0.4 is 4.90 Å². The zero-order valence-electron chi connectivity index (χ0n) is 17.6. The van der Waals surface area contributed by atoms with Crippen molar-refractivity contribution >= 4 is 46.7 Å². The number of aliphatic carboxylic acids is 3. The third-order valence-corrected chi connectivity index (χ3v) is 5.27. The van der Waals surface area contributed by atoms with Crippen LogP contribution >= 0.6 is 22.9 Å². The lowest BCUT2D eigenvalue weighted by molar-refractivity contribution is -0.170. The van der Waals surface area contributed by atoms with E-state index in [1.54, 1.807) is 11.3 Å². The van der Waals surface area contributed by atoms with E-state index < -0.39 is 36.4 Å². The largest absolute Gasteiger partial charge is 0.481 e.